The molecule has 3 aromatic rings. The van der Waals surface area contributed by atoms with Crippen LogP contribution in [0.4, 0.5) is 10.1 Å². The summed E-state index contributed by atoms with van der Waals surface area (Å²) in [4.78, 5) is 23.5. The van der Waals surface area contributed by atoms with Crippen LogP contribution in [0, 0.1) is 5.82 Å². The minimum Gasteiger partial charge on any atom is -0.478 e. The number of carbonyl (C=O) groups is 2. The summed E-state index contributed by atoms with van der Waals surface area (Å²) in [5.41, 5.74) is 1.03. The van der Waals surface area contributed by atoms with Crippen molar-refractivity contribution in [1.29, 1.82) is 0 Å². The predicted octanol–water partition coefficient (Wildman–Crippen LogP) is 3.67. The van der Waals surface area contributed by atoms with Gasteiger partial charge in [-0.2, -0.15) is 5.10 Å². The molecule has 0 aliphatic carbocycles. The fourth-order valence-electron chi connectivity index (χ4n) is 2.41. The lowest BCUT2D eigenvalue weighted by Crippen LogP contribution is -2.16. The van der Waals surface area contributed by atoms with Crippen LogP contribution in [0.25, 0.3) is 0 Å². The highest BCUT2D eigenvalue weighted by atomic mass is 35.5. The minimum absolute atomic E-state index is 0.0503. The lowest BCUT2D eigenvalue weighted by atomic mass is 10.1. The van der Waals surface area contributed by atoms with Crippen molar-refractivity contribution in [2.24, 2.45) is 0 Å². The largest absolute Gasteiger partial charge is 0.478 e. The molecule has 8 heteroatoms. The second-order valence-electron chi connectivity index (χ2n) is 5.47. The molecular weight excluding hydrogens is 361 g/mol. The van der Waals surface area contributed by atoms with Gasteiger partial charge in [-0.3, -0.25) is 9.48 Å². The van der Waals surface area contributed by atoms with Crippen LogP contribution in [0.3, 0.4) is 0 Å². The summed E-state index contributed by atoms with van der Waals surface area (Å²) in [6.45, 7) is 0.292. The van der Waals surface area contributed by atoms with Crippen molar-refractivity contribution in [3.05, 3.63) is 82.4 Å². The van der Waals surface area contributed by atoms with Crippen molar-refractivity contribution < 1.29 is 19.1 Å². The van der Waals surface area contributed by atoms with Crippen LogP contribution in [0.5, 0.6) is 0 Å². The molecule has 0 spiro atoms. The van der Waals surface area contributed by atoms with Crippen molar-refractivity contribution in [1.82, 2.24) is 9.78 Å². The molecule has 6 nitrogen and oxygen atoms in total. The molecular formula is C18H13ClFN3O3. The highest BCUT2D eigenvalue weighted by Gasteiger charge is 2.16. The number of rotatable bonds is 5. The molecule has 0 fully saturated rings. The highest BCUT2D eigenvalue weighted by Crippen LogP contribution is 2.19. The summed E-state index contributed by atoms with van der Waals surface area (Å²) >= 11 is 5.99. The second-order valence-corrected chi connectivity index (χ2v) is 5.87. The average Bonchev–Trinajstić information content (AvgIpc) is 3.04. The van der Waals surface area contributed by atoms with Crippen molar-refractivity contribution in [2.75, 3.05) is 5.32 Å². The van der Waals surface area contributed by atoms with Crippen LogP contribution >= 0.6 is 11.6 Å². The smallest absolute Gasteiger partial charge is 0.336 e. The lowest BCUT2D eigenvalue weighted by molar-refractivity contribution is 0.0692. The van der Waals surface area contributed by atoms with Gasteiger partial charge in [0.25, 0.3) is 5.91 Å². The molecule has 0 saturated carbocycles. The van der Waals surface area contributed by atoms with E-state index < -0.39 is 17.7 Å². The van der Waals surface area contributed by atoms with Gasteiger partial charge >= 0.3 is 5.97 Å². The van der Waals surface area contributed by atoms with Crippen LogP contribution in [0.2, 0.25) is 5.02 Å². The van der Waals surface area contributed by atoms with E-state index in [4.69, 9.17) is 16.7 Å². The van der Waals surface area contributed by atoms with E-state index in [0.29, 0.717) is 17.8 Å². The summed E-state index contributed by atoms with van der Waals surface area (Å²) < 4.78 is 14.6. The summed E-state index contributed by atoms with van der Waals surface area (Å²) in [6.07, 6.45) is 3.00. The van der Waals surface area contributed by atoms with Gasteiger partial charge < -0.3 is 10.4 Å². The molecule has 0 unspecified atom stereocenters. The molecule has 26 heavy (non-hydrogen) atoms. The number of aromatic carboxylic acids is 1. The molecule has 0 radical (unpaired) electrons. The standard InChI is InChI=1S/C18H13ClFN3O3/c19-16-7-12(20)6-5-11(16)9-23-10-13(8-21-23)22-17(24)14-3-1-2-4-15(14)18(25)26/h1-8,10H,9H2,(H,22,24)(H,25,26). The zero-order valence-electron chi connectivity index (χ0n) is 13.3. The maximum absolute atomic E-state index is 13.1. The first-order valence-electron chi connectivity index (χ1n) is 7.54. The number of carboxylic acid groups (broad SMARTS) is 1. The monoisotopic (exact) mass is 373 g/mol. The van der Waals surface area contributed by atoms with E-state index in [1.807, 2.05) is 0 Å². The number of nitrogens with one attached hydrogen (secondary N) is 1. The normalized spacial score (nSPS) is 10.5. The Bertz CT molecular complexity index is 987. The molecule has 2 N–H and O–H groups in total. The Balaban J connectivity index is 1.74. The van der Waals surface area contributed by atoms with E-state index >= 15 is 0 Å². The van der Waals surface area contributed by atoms with Crippen molar-refractivity contribution in [2.45, 2.75) is 6.54 Å². The number of carbonyl (C=O) groups excluding carboxylic acids is 1. The molecule has 2 aromatic carbocycles. The molecule has 0 atom stereocenters. The van der Waals surface area contributed by atoms with Crippen molar-refractivity contribution in [3.8, 4) is 0 Å². The third-order valence-corrected chi connectivity index (χ3v) is 3.99. The number of benzene rings is 2. The quantitative estimate of drug-likeness (QED) is 0.714. The summed E-state index contributed by atoms with van der Waals surface area (Å²) in [5, 5.41) is 16.2. The number of aromatic nitrogens is 2. The Hall–Kier alpha value is -3.19. The summed E-state index contributed by atoms with van der Waals surface area (Å²) in [5.74, 6) is -2.16. The fraction of sp³-hybridized carbons (Fsp3) is 0.0556. The van der Waals surface area contributed by atoms with E-state index in [-0.39, 0.29) is 16.1 Å². The maximum Gasteiger partial charge on any atom is 0.336 e. The minimum atomic E-state index is -1.18. The number of nitrogens with zero attached hydrogens (tertiary/aromatic N) is 2. The van der Waals surface area contributed by atoms with Crippen LogP contribution < -0.4 is 5.32 Å². The Morgan fingerprint density at radius 3 is 2.62 bits per heavy atom. The molecule has 0 bridgehead atoms. The van der Waals surface area contributed by atoms with Gasteiger partial charge in [0.2, 0.25) is 0 Å². The van der Waals surface area contributed by atoms with Crippen LogP contribution in [0.15, 0.2) is 54.9 Å². The van der Waals surface area contributed by atoms with Gasteiger partial charge in [0.1, 0.15) is 5.82 Å². The first-order chi connectivity index (χ1) is 12.4. The van der Waals surface area contributed by atoms with E-state index in [1.54, 1.807) is 24.4 Å². The maximum atomic E-state index is 13.1. The predicted molar refractivity (Wildman–Crippen MR) is 94.1 cm³/mol. The molecule has 0 aliphatic rings. The second kappa shape index (κ2) is 7.37. The summed E-state index contributed by atoms with van der Waals surface area (Å²) in [7, 11) is 0. The number of hydrogen-bond donors (Lipinski definition) is 2. The topological polar surface area (TPSA) is 84.2 Å². The Morgan fingerprint density at radius 2 is 1.92 bits per heavy atom. The van der Waals surface area contributed by atoms with Gasteiger partial charge in [-0.25, -0.2) is 9.18 Å². The van der Waals surface area contributed by atoms with E-state index in [1.165, 1.54) is 35.1 Å². The molecule has 1 amide bonds. The summed E-state index contributed by atoms with van der Waals surface area (Å²) in [6, 6.07) is 9.99. The lowest BCUT2D eigenvalue weighted by Gasteiger charge is -2.06. The zero-order valence-corrected chi connectivity index (χ0v) is 14.1. The molecule has 0 saturated heterocycles. The van der Waals surface area contributed by atoms with E-state index in [2.05, 4.69) is 10.4 Å². The Morgan fingerprint density at radius 1 is 1.19 bits per heavy atom. The third kappa shape index (κ3) is 3.89. The van der Waals surface area contributed by atoms with E-state index in [9.17, 15) is 14.0 Å². The number of halogens is 2. The fourth-order valence-corrected chi connectivity index (χ4v) is 2.63. The van der Waals surface area contributed by atoms with Crippen LogP contribution in [-0.2, 0) is 6.54 Å². The molecule has 3 rings (SSSR count). The number of anilines is 1. The van der Waals surface area contributed by atoms with Gasteiger partial charge in [0.15, 0.2) is 0 Å². The Labute approximate surface area is 152 Å². The molecule has 132 valence electrons. The van der Waals surface area contributed by atoms with Gasteiger partial charge in [-0.05, 0) is 29.8 Å². The number of hydrogen-bond acceptors (Lipinski definition) is 3. The van der Waals surface area contributed by atoms with Crippen molar-refractivity contribution in [3.63, 3.8) is 0 Å². The Kier molecular flexibility index (Phi) is 4.99. The number of carboxylic acids is 1. The number of amides is 1. The third-order valence-electron chi connectivity index (χ3n) is 3.64. The SMILES string of the molecule is O=C(O)c1ccccc1C(=O)Nc1cnn(Cc2ccc(F)cc2Cl)c1. The molecule has 1 heterocycles. The van der Waals surface area contributed by atoms with Crippen molar-refractivity contribution >= 4 is 29.2 Å². The molecule has 1 aromatic heterocycles. The first kappa shape index (κ1) is 17.6. The van der Waals surface area contributed by atoms with Crippen LogP contribution in [-0.4, -0.2) is 26.8 Å². The molecule has 0 aliphatic heterocycles. The van der Waals surface area contributed by atoms with Gasteiger partial charge in [0.05, 0.1) is 29.6 Å². The van der Waals surface area contributed by atoms with Gasteiger partial charge in [-0.1, -0.05) is 29.8 Å². The van der Waals surface area contributed by atoms with Gasteiger partial charge in [-0.15, -0.1) is 0 Å². The van der Waals surface area contributed by atoms with Gasteiger partial charge in [0, 0.05) is 11.2 Å². The van der Waals surface area contributed by atoms with E-state index in [0.717, 1.165) is 0 Å². The average molecular weight is 374 g/mol. The zero-order chi connectivity index (χ0) is 18.7. The first-order valence-corrected chi connectivity index (χ1v) is 7.92. The highest BCUT2D eigenvalue weighted by molar-refractivity contribution is 6.31. The van der Waals surface area contributed by atoms with Crippen LogP contribution in [0.1, 0.15) is 26.3 Å².